The number of rotatable bonds is 5. The van der Waals surface area contributed by atoms with Gasteiger partial charge in [0.05, 0.1) is 5.69 Å². The highest BCUT2D eigenvalue weighted by molar-refractivity contribution is 6.02. The van der Waals surface area contributed by atoms with Crippen LogP contribution in [0.15, 0.2) is 66.7 Å². The summed E-state index contributed by atoms with van der Waals surface area (Å²) in [5.74, 6) is -1.68. The number of anilines is 2. The maximum Gasteiger partial charge on any atom is 0.254 e. The zero-order valence-corrected chi connectivity index (χ0v) is 13.0. The smallest absolute Gasteiger partial charge is 0.254 e. The first kappa shape index (κ1) is 16.4. The van der Waals surface area contributed by atoms with E-state index in [9.17, 15) is 13.6 Å². The van der Waals surface area contributed by atoms with Crippen LogP contribution in [0.5, 0.6) is 11.5 Å². The summed E-state index contributed by atoms with van der Waals surface area (Å²) in [6.07, 6.45) is 0. The van der Waals surface area contributed by atoms with Crippen LogP contribution in [-0.2, 0) is 0 Å². The minimum atomic E-state index is -0.787. The van der Waals surface area contributed by atoms with Gasteiger partial charge in [0.25, 0.3) is 5.91 Å². The number of ether oxygens (including phenoxy) is 1. The molecule has 3 aromatic rings. The van der Waals surface area contributed by atoms with Gasteiger partial charge in [0.15, 0.2) is 0 Å². The van der Waals surface area contributed by atoms with Crippen LogP contribution in [0.4, 0.5) is 20.2 Å². The minimum Gasteiger partial charge on any atom is -0.456 e. The molecule has 0 fully saturated rings. The molecule has 3 rings (SSSR count). The molecule has 0 heterocycles. The Kier molecular flexibility index (Phi) is 4.61. The highest BCUT2D eigenvalue weighted by Gasteiger charge is 2.18. The van der Waals surface area contributed by atoms with E-state index in [0.717, 1.165) is 12.1 Å². The van der Waals surface area contributed by atoms with E-state index in [2.05, 4.69) is 5.32 Å². The highest BCUT2D eigenvalue weighted by Crippen LogP contribution is 2.33. The average Bonchev–Trinajstić information content (AvgIpc) is 2.59. The second-order valence-corrected chi connectivity index (χ2v) is 5.18. The molecule has 3 N–H and O–H groups in total. The summed E-state index contributed by atoms with van der Waals surface area (Å²) >= 11 is 0. The van der Waals surface area contributed by atoms with Gasteiger partial charge < -0.3 is 15.8 Å². The van der Waals surface area contributed by atoms with Gasteiger partial charge >= 0.3 is 0 Å². The predicted octanol–water partition coefficient (Wildman–Crippen LogP) is 4.60. The van der Waals surface area contributed by atoms with E-state index in [-0.39, 0.29) is 22.7 Å². The minimum absolute atomic E-state index is 0.00555. The van der Waals surface area contributed by atoms with Gasteiger partial charge in [-0.15, -0.1) is 0 Å². The third-order valence-electron chi connectivity index (χ3n) is 3.47. The Morgan fingerprint density at radius 3 is 2.16 bits per heavy atom. The summed E-state index contributed by atoms with van der Waals surface area (Å²) in [4.78, 5) is 11.9. The number of carbonyl (C=O) groups excluding carboxylic acids is 1. The van der Waals surface area contributed by atoms with Crippen molar-refractivity contribution in [2.24, 2.45) is 5.73 Å². The number of hydrogen-bond donors (Lipinski definition) is 2. The van der Waals surface area contributed by atoms with Crippen molar-refractivity contribution in [1.82, 2.24) is 0 Å². The number of benzene rings is 3. The van der Waals surface area contributed by atoms with Crippen LogP contribution >= 0.6 is 0 Å². The fourth-order valence-electron chi connectivity index (χ4n) is 2.34. The molecule has 1 amide bonds. The Bertz CT molecular complexity index is 894. The van der Waals surface area contributed by atoms with Gasteiger partial charge in [-0.2, -0.15) is 0 Å². The Labute approximate surface area is 142 Å². The molecule has 0 spiro atoms. The van der Waals surface area contributed by atoms with Crippen LogP contribution in [0.2, 0.25) is 0 Å². The largest absolute Gasteiger partial charge is 0.456 e. The number of halogens is 2. The SMILES string of the molecule is NC(=O)c1c(Nc2c(F)cccc2F)cccc1Oc1ccccc1. The highest BCUT2D eigenvalue weighted by atomic mass is 19.1. The molecular weight excluding hydrogens is 326 g/mol. The Morgan fingerprint density at radius 2 is 1.52 bits per heavy atom. The molecule has 0 saturated carbocycles. The summed E-state index contributed by atoms with van der Waals surface area (Å²) in [6, 6.07) is 16.9. The fraction of sp³-hybridized carbons (Fsp3) is 0. The van der Waals surface area contributed by atoms with Gasteiger partial charge in [-0.25, -0.2) is 8.78 Å². The van der Waals surface area contributed by atoms with Crippen molar-refractivity contribution in [3.8, 4) is 11.5 Å². The van der Waals surface area contributed by atoms with Crippen molar-refractivity contribution >= 4 is 17.3 Å². The molecule has 0 saturated heterocycles. The Morgan fingerprint density at radius 1 is 0.880 bits per heavy atom. The number of para-hydroxylation sites is 2. The number of primary amides is 1. The van der Waals surface area contributed by atoms with Gasteiger partial charge in [-0.1, -0.05) is 30.3 Å². The molecule has 126 valence electrons. The van der Waals surface area contributed by atoms with E-state index in [0.29, 0.717) is 5.75 Å². The monoisotopic (exact) mass is 340 g/mol. The first-order valence-electron chi connectivity index (χ1n) is 7.43. The Balaban J connectivity index is 2.03. The lowest BCUT2D eigenvalue weighted by molar-refractivity contribution is 0.0999. The van der Waals surface area contributed by atoms with Crippen molar-refractivity contribution in [3.63, 3.8) is 0 Å². The first-order valence-corrected chi connectivity index (χ1v) is 7.43. The predicted molar refractivity (Wildman–Crippen MR) is 91.1 cm³/mol. The van der Waals surface area contributed by atoms with Crippen molar-refractivity contribution in [2.45, 2.75) is 0 Å². The fourth-order valence-corrected chi connectivity index (χ4v) is 2.34. The van der Waals surface area contributed by atoms with E-state index in [1.54, 1.807) is 36.4 Å². The molecule has 0 aromatic heterocycles. The normalized spacial score (nSPS) is 10.3. The first-order chi connectivity index (χ1) is 12.1. The number of nitrogens with two attached hydrogens (primary N) is 1. The molecule has 0 atom stereocenters. The van der Waals surface area contributed by atoms with Gasteiger partial charge in [0.2, 0.25) is 0 Å². The Hall–Kier alpha value is -3.41. The average molecular weight is 340 g/mol. The van der Waals surface area contributed by atoms with Crippen LogP contribution < -0.4 is 15.8 Å². The van der Waals surface area contributed by atoms with Crippen LogP contribution in [0.25, 0.3) is 0 Å². The molecule has 4 nitrogen and oxygen atoms in total. The van der Waals surface area contributed by atoms with Crippen molar-refractivity contribution < 1.29 is 18.3 Å². The molecule has 25 heavy (non-hydrogen) atoms. The van der Waals surface area contributed by atoms with E-state index in [1.165, 1.54) is 12.1 Å². The molecule has 0 aliphatic carbocycles. The van der Waals surface area contributed by atoms with Crippen LogP contribution in [0.1, 0.15) is 10.4 Å². The second-order valence-electron chi connectivity index (χ2n) is 5.18. The molecule has 0 bridgehead atoms. The topological polar surface area (TPSA) is 64.4 Å². The second kappa shape index (κ2) is 7.00. The third-order valence-corrected chi connectivity index (χ3v) is 3.47. The van der Waals surface area contributed by atoms with E-state index in [4.69, 9.17) is 10.5 Å². The lowest BCUT2D eigenvalue weighted by Gasteiger charge is -2.15. The van der Waals surface area contributed by atoms with Crippen LogP contribution in [-0.4, -0.2) is 5.91 Å². The molecule has 0 aliphatic rings. The van der Waals surface area contributed by atoms with E-state index < -0.39 is 17.5 Å². The van der Waals surface area contributed by atoms with Crippen molar-refractivity contribution in [3.05, 3.63) is 83.9 Å². The molecule has 0 aliphatic heterocycles. The quantitative estimate of drug-likeness (QED) is 0.713. The number of carbonyl (C=O) groups is 1. The summed E-state index contributed by atoms with van der Waals surface area (Å²) in [7, 11) is 0. The lowest BCUT2D eigenvalue weighted by Crippen LogP contribution is -2.15. The maximum absolute atomic E-state index is 13.9. The van der Waals surface area contributed by atoms with Crippen LogP contribution in [0, 0.1) is 11.6 Å². The summed E-state index contributed by atoms with van der Waals surface area (Å²) in [5.41, 5.74) is 5.22. The molecule has 3 aromatic carbocycles. The van der Waals surface area contributed by atoms with Crippen molar-refractivity contribution in [2.75, 3.05) is 5.32 Å². The number of nitrogens with one attached hydrogen (secondary N) is 1. The summed E-state index contributed by atoms with van der Waals surface area (Å²) < 4.78 is 33.4. The van der Waals surface area contributed by atoms with Gasteiger partial charge in [0.1, 0.15) is 34.4 Å². The zero-order chi connectivity index (χ0) is 17.8. The zero-order valence-electron chi connectivity index (χ0n) is 13.0. The maximum atomic E-state index is 13.9. The van der Waals surface area contributed by atoms with E-state index in [1.807, 2.05) is 6.07 Å². The molecule has 6 heteroatoms. The molecule has 0 unspecified atom stereocenters. The van der Waals surface area contributed by atoms with Gasteiger partial charge in [0, 0.05) is 0 Å². The number of hydrogen-bond acceptors (Lipinski definition) is 3. The van der Waals surface area contributed by atoms with Gasteiger partial charge in [-0.05, 0) is 36.4 Å². The molecular formula is C19H14F2N2O2. The lowest BCUT2D eigenvalue weighted by atomic mass is 10.1. The van der Waals surface area contributed by atoms with E-state index >= 15 is 0 Å². The van der Waals surface area contributed by atoms with Crippen molar-refractivity contribution in [1.29, 1.82) is 0 Å². The van der Waals surface area contributed by atoms with Crippen LogP contribution in [0.3, 0.4) is 0 Å². The third kappa shape index (κ3) is 3.58. The summed E-state index contributed by atoms with van der Waals surface area (Å²) in [5, 5.41) is 2.59. The van der Waals surface area contributed by atoms with Gasteiger partial charge in [-0.3, -0.25) is 4.79 Å². The molecule has 0 radical (unpaired) electrons. The summed E-state index contributed by atoms with van der Waals surface area (Å²) in [6.45, 7) is 0. The number of amides is 1. The standard InChI is InChI=1S/C19H14F2N2O2/c20-13-8-4-9-14(21)18(13)23-15-10-5-11-16(17(15)19(22)24)25-12-6-2-1-3-7-12/h1-11,23H,(H2,22,24).